The van der Waals surface area contributed by atoms with Gasteiger partial charge in [0.25, 0.3) is 0 Å². The topological polar surface area (TPSA) is 32.3 Å². The summed E-state index contributed by atoms with van der Waals surface area (Å²) < 4.78 is 0. The molecule has 1 amide bonds. The van der Waals surface area contributed by atoms with E-state index in [0.29, 0.717) is 12.5 Å². The molecule has 2 heterocycles. The number of nitrogens with one attached hydrogen (secondary N) is 1. The third kappa shape index (κ3) is 1.61. The molecule has 0 aliphatic carbocycles. The van der Waals surface area contributed by atoms with Gasteiger partial charge >= 0.3 is 0 Å². The Labute approximate surface area is 78.8 Å². The van der Waals surface area contributed by atoms with Gasteiger partial charge in [-0.25, -0.2) is 0 Å². The zero-order valence-corrected chi connectivity index (χ0v) is 8.26. The Balaban J connectivity index is 2.07. The molecule has 0 bridgehead atoms. The van der Waals surface area contributed by atoms with Crippen LogP contribution >= 0.6 is 0 Å². The highest BCUT2D eigenvalue weighted by molar-refractivity contribution is 5.84. The fourth-order valence-corrected chi connectivity index (χ4v) is 2.01. The number of nitrogens with zero attached hydrogens (tertiary/aromatic N) is 1. The van der Waals surface area contributed by atoms with Crippen molar-refractivity contribution < 1.29 is 4.79 Å². The molecule has 3 heteroatoms. The van der Waals surface area contributed by atoms with Gasteiger partial charge in [0.05, 0.1) is 6.42 Å². The van der Waals surface area contributed by atoms with Gasteiger partial charge in [-0.1, -0.05) is 0 Å². The molecule has 0 fully saturated rings. The van der Waals surface area contributed by atoms with Crippen molar-refractivity contribution in [2.75, 3.05) is 13.1 Å². The maximum atomic E-state index is 11.1. The molecule has 0 saturated heterocycles. The van der Waals surface area contributed by atoms with E-state index in [1.165, 1.54) is 11.3 Å². The van der Waals surface area contributed by atoms with E-state index in [1.54, 1.807) is 0 Å². The van der Waals surface area contributed by atoms with E-state index in [4.69, 9.17) is 0 Å². The lowest BCUT2D eigenvalue weighted by molar-refractivity contribution is -0.118. The molecule has 0 aromatic heterocycles. The predicted molar refractivity (Wildman–Crippen MR) is 51.1 cm³/mol. The molecular formula is C10H16N2O. The Morgan fingerprint density at radius 1 is 1.46 bits per heavy atom. The van der Waals surface area contributed by atoms with Crippen LogP contribution in [0.15, 0.2) is 11.3 Å². The Kier molecular flexibility index (Phi) is 2.12. The summed E-state index contributed by atoms with van der Waals surface area (Å²) in [5.41, 5.74) is 2.51. The number of amides is 1. The van der Waals surface area contributed by atoms with E-state index in [0.717, 1.165) is 19.5 Å². The first-order chi connectivity index (χ1) is 6.16. The lowest BCUT2D eigenvalue weighted by Crippen LogP contribution is -2.37. The first-order valence-corrected chi connectivity index (χ1v) is 4.91. The normalized spacial score (nSPS) is 23.8. The summed E-state index contributed by atoms with van der Waals surface area (Å²) in [7, 11) is 0. The summed E-state index contributed by atoms with van der Waals surface area (Å²) in [6, 6.07) is 0.588. The minimum atomic E-state index is 0.176. The summed E-state index contributed by atoms with van der Waals surface area (Å²) in [6.07, 6.45) is 1.64. The van der Waals surface area contributed by atoms with Crippen molar-refractivity contribution in [1.29, 1.82) is 0 Å². The lowest BCUT2D eigenvalue weighted by atomic mass is 10.1. The van der Waals surface area contributed by atoms with Gasteiger partial charge in [0.2, 0.25) is 5.91 Å². The fourth-order valence-electron chi connectivity index (χ4n) is 2.01. The third-order valence-corrected chi connectivity index (χ3v) is 2.86. The summed E-state index contributed by atoms with van der Waals surface area (Å²) in [4.78, 5) is 13.5. The van der Waals surface area contributed by atoms with Crippen LogP contribution in [0.3, 0.4) is 0 Å². The molecule has 0 atom stereocenters. The summed E-state index contributed by atoms with van der Waals surface area (Å²) in [5.74, 6) is 0.176. The van der Waals surface area contributed by atoms with Gasteiger partial charge in [0.1, 0.15) is 0 Å². The molecule has 3 nitrogen and oxygen atoms in total. The summed E-state index contributed by atoms with van der Waals surface area (Å²) in [5, 5.41) is 2.93. The van der Waals surface area contributed by atoms with E-state index in [2.05, 4.69) is 24.1 Å². The average molecular weight is 180 g/mol. The second-order valence-corrected chi connectivity index (χ2v) is 4.12. The van der Waals surface area contributed by atoms with Gasteiger partial charge in [-0.3, -0.25) is 9.69 Å². The molecule has 0 spiro atoms. The number of carbonyl (C=O) groups excluding carboxylic acids is 1. The molecule has 0 aromatic rings. The Bertz CT molecular complexity index is 268. The molecule has 0 saturated carbocycles. The first-order valence-electron chi connectivity index (χ1n) is 4.91. The summed E-state index contributed by atoms with van der Waals surface area (Å²) >= 11 is 0. The van der Waals surface area contributed by atoms with Crippen LogP contribution in [0.1, 0.15) is 26.7 Å². The zero-order chi connectivity index (χ0) is 9.42. The average Bonchev–Trinajstić information content (AvgIpc) is 2.42. The van der Waals surface area contributed by atoms with Crippen molar-refractivity contribution in [3.05, 3.63) is 11.3 Å². The molecule has 1 N–H and O–H groups in total. The molecule has 0 radical (unpaired) electrons. The molecule has 0 aromatic carbocycles. The van der Waals surface area contributed by atoms with E-state index in [9.17, 15) is 4.79 Å². The Morgan fingerprint density at radius 3 is 2.92 bits per heavy atom. The first kappa shape index (κ1) is 8.75. The van der Waals surface area contributed by atoms with Crippen molar-refractivity contribution in [3.8, 4) is 0 Å². The van der Waals surface area contributed by atoms with Crippen LogP contribution in [0.2, 0.25) is 0 Å². The van der Waals surface area contributed by atoms with Crippen molar-refractivity contribution in [2.24, 2.45) is 0 Å². The third-order valence-electron chi connectivity index (χ3n) is 2.86. The van der Waals surface area contributed by atoms with Crippen LogP contribution in [0.4, 0.5) is 0 Å². The van der Waals surface area contributed by atoms with Crippen LogP contribution in [-0.2, 0) is 4.79 Å². The van der Waals surface area contributed by atoms with Gasteiger partial charge < -0.3 is 5.32 Å². The summed E-state index contributed by atoms with van der Waals surface area (Å²) in [6.45, 7) is 6.47. The van der Waals surface area contributed by atoms with Crippen molar-refractivity contribution in [3.63, 3.8) is 0 Å². The zero-order valence-electron chi connectivity index (χ0n) is 8.26. The minimum absolute atomic E-state index is 0.176. The van der Waals surface area contributed by atoms with Crippen LogP contribution in [-0.4, -0.2) is 29.9 Å². The molecule has 2 aliphatic rings. The molecule has 2 aliphatic heterocycles. The molecule has 72 valence electrons. The van der Waals surface area contributed by atoms with Gasteiger partial charge in [-0.2, -0.15) is 0 Å². The van der Waals surface area contributed by atoms with Crippen LogP contribution in [0.5, 0.6) is 0 Å². The number of hydrogen-bond donors (Lipinski definition) is 1. The second kappa shape index (κ2) is 3.14. The molecule has 13 heavy (non-hydrogen) atoms. The van der Waals surface area contributed by atoms with Gasteiger partial charge in [0.15, 0.2) is 0 Å². The Morgan fingerprint density at radius 2 is 2.23 bits per heavy atom. The van der Waals surface area contributed by atoms with Crippen LogP contribution in [0, 0.1) is 0 Å². The monoisotopic (exact) mass is 180 g/mol. The highest BCUT2D eigenvalue weighted by Crippen LogP contribution is 2.24. The Hall–Kier alpha value is -0.830. The van der Waals surface area contributed by atoms with E-state index in [-0.39, 0.29) is 5.91 Å². The largest absolute Gasteiger partial charge is 0.329 e. The van der Waals surface area contributed by atoms with E-state index >= 15 is 0 Å². The maximum Gasteiger partial charge on any atom is 0.228 e. The quantitative estimate of drug-likeness (QED) is 0.649. The van der Waals surface area contributed by atoms with E-state index < -0.39 is 0 Å². The van der Waals surface area contributed by atoms with E-state index in [1.807, 2.05) is 0 Å². The second-order valence-electron chi connectivity index (χ2n) is 4.12. The fraction of sp³-hybridized carbons (Fsp3) is 0.700. The number of hydrogen-bond acceptors (Lipinski definition) is 2. The molecular weight excluding hydrogens is 164 g/mol. The van der Waals surface area contributed by atoms with Crippen molar-refractivity contribution in [2.45, 2.75) is 32.7 Å². The number of carbonyl (C=O) groups is 1. The van der Waals surface area contributed by atoms with Crippen molar-refractivity contribution >= 4 is 5.91 Å². The standard InChI is InChI=1S/C10H16N2O/c1-7(2)12-4-3-9-8(6-12)5-10(13)11-9/h7H,3-6H2,1-2H3,(H,11,13). The molecule has 2 rings (SSSR count). The highest BCUT2D eigenvalue weighted by atomic mass is 16.1. The van der Waals surface area contributed by atoms with Crippen molar-refractivity contribution in [1.82, 2.24) is 10.2 Å². The maximum absolute atomic E-state index is 11.1. The van der Waals surface area contributed by atoms with Crippen LogP contribution < -0.4 is 5.32 Å². The number of rotatable bonds is 1. The van der Waals surface area contributed by atoms with Gasteiger partial charge in [-0.05, 0) is 19.4 Å². The lowest BCUT2D eigenvalue weighted by Gasteiger charge is -2.30. The minimum Gasteiger partial charge on any atom is -0.329 e. The SMILES string of the molecule is CC(C)N1CCC2=C(CC(=O)N2)C1. The smallest absolute Gasteiger partial charge is 0.228 e. The van der Waals surface area contributed by atoms with Gasteiger partial charge in [0, 0.05) is 31.2 Å². The van der Waals surface area contributed by atoms with Gasteiger partial charge in [-0.15, -0.1) is 0 Å². The van der Waals surface area contributed by atoms with Crippen LogP contribution in [0.25, 0.3) is 0 Å². The predicted octanol–water partition coefficient (Wildman–Crippen LogP) is 0.875. The molecule has 0 unspecified atom stereocenters. The highest BCUT2D eigenvalue weighted by Gasteiger charge is 2.27.